The van der Waals surface area contributed by atoms with E-state index in [1.165, 1.54) is 0 Å². The third-order valence-electron chi connectivity index (χ3n) is 7.39. The number of ether oxygens (including phenoxy) is 1. The standard InChI is InChI=1S/C30H37N5O4S2/c1-19(2)39-30(37)35-22-10-8-21(9-11-22)28-32-18-26(40-28)25-15-12-23(16-27(25)41(31,38)24-13-14-24)34-29(36)33-17-20-6-4-3-5-7-20/h3-7,12,15-16,18-19,21-22,24,31H,8-11,13-14,17H2,1-2H3,(H,35,37)(H2,33,34,36). The number of anilines is 1. The van der Waals surface area contributed by atoms with Crippen LogP contribution in [0.5, 0.6) is 0 Å². The molecule has 2 saturated carbocycles. The lowest BCUT2D eigenvalue weighted by Crippen LogP contribution is -2.38. The SMILES string of the molecule is CC(C)OC(=O)NC1CCC(c2ncc(-c3ccc(NC(=O)NCc4ccccc4)cc3S(=N)(=O)C3CC3)s2)CC1. The van der Waals surface area contributed by atoms with Crippen LogP contribution in [0.2, 0.25) is 0 Å². The lowest BCUT2D eigenvalue weighted by Gasteiger charge is -2.28. The number of rotatable bonds is 9. The summed E-state index contributed by atoms with van der Waals surface area (Å²) < 4.78 is 27.7. The molecule has 1 atom stereocenters. The number of hydrogen-bond acceptors (Lipinski definition) is 7. The normalized spacial score (nSPS) is 20.2. The summed E-state index contributed by atoms with van der Waals surface area (Å²) in [6.45, 7) is 4.05. The van der Waals surface area contributed by atoms with E-state index < -0.39 is 9.73 Å². The molecule has 2 aliphatic carbocycles. The number of nitrogens with one attached hydrogen (secondary N) is 4. The molecular weight excluding hydrogens is 558 g/mol. The van der Waals surface area contributed by atoms with Crippen molar-refractivity contribution in [3.63, 3.8) is 0 Å². The van der Waals surface area contributed by atoms with E-state index in [1.807, 2.05) is 56.4 Å². The number of hydrogen-bond donors (Lipinski definition) is 4. The molecule has 2 fully saturated rings. The van der Waals surface area contributed by atoms with Crippen molar-refractivity contribution >= 4 is 38.9 Å². The fourth-order valence-electron chi connectivity index (χ4n) is 5.09. The van der Waals surface area contributed by atoms with Gasteiger partial charge in [-0.05, 0) is 70.1 Å². The van der Waals surface area contributed by atoms with E-state index in [1.54, 1.807) is 23.5 Å². The summed E-state index contributed by atoms with van der Waals surface area (Å²) in [7, 11) is -3.05. The fraction of sp³-hybridized carbons (Fsp3) is 0.433. The van der Waals surface area contributed by atoms with Gasteiger partial charge in [0.05, 0.1) is 30.6 Å². The molecule has 1 heterocycles. The Kier molecular flexibility index (Phi) is 8.94. The zero-order chi connectivity index (χ0) is 29.0. The Bertz CT molecular complexity index is 1480. The Morgan fingerprint density at radius 1 is 1.07 bits per heavy atom. The second-order valence-corrected chi connectivity index (χ2v) is 14.4. The van der Waals surface area contributed by atoms with Crippen LogP contribution in [0.4, 0.5) is 15.3 Å². The molecule has 9 nitrogen and oxygen atoms in total. The van der Waals surface area contributed by atoms with Crippen LogP contribution < -0.4 is 16.0 Å². The molecule has 0 saturated heterocycles. The maximum Gasteiger partial charge on any atom is 0.407 e. The molecule has 41 heavy (non-hydrogen) atoms. The van der Waals surface area contributed by atoms with E-state index in [0.717, 1.165) is 59.5 Å². The van der Waals surface area contributed by atoms with Gasteiger partial charge >= 0.3 is 12.1 Å². The summed E-state index contributed by atoms with van der Waals surface area (Å²) in [5, 5.41) is 9.49. The Morgan fingerprint density at radius 3 is 2.49 bits per heavy atom. The molecule has 2 aromatic carbocycles. The summed E-state index contributed by atoms with van der Waals surface area (Å²) >= 11 is 1.57. The van der Waals surface area contributed by atoms with Gasteiger partial charge in [0.2, 0.25) is 0 Å². The van der Waals surface area contributed by atoms with Gasteiger partial charge in [-0.3, -0.25) is 0 Å². The molecule has 0 radical (unpaired) electrons. The minimum atomic E-state index is -3.05. The second-order valence-electron chi connectivity index (χ2n) is 11.0. The summed E-state index contributed by atoms with van der Waals surface area (Å²) in [4.78, 5) is 30.6. The zero-order valence-corrected chi connectivity index (χ0v) is 25.0. The zero-order valence-electron chi connectivity index (χ0n) is 23.4. The minimum absolute atomic E-state index is 0.0972. The van der Waals surface area contributed by atoms with Gasteiger partial charge in [-0.1, -0.05) is 36.4 Å². The van der Waals surface area contributed by atoms with Gasteiger partial charge in [-0.15, -0.1) is 11.3 Å². The van der Waals surface area contributed by atoms with Crippen molar-refractivity contribution in [3.05, 3.63) is 65.3 Å². The van der Waals surface area contributed by atoms with Crippen LogP contribution in [0.15, 0.2) is 59.6 Å². The summed E-state index contributed by atoms with van der Waals surface area (Å²) in [6.07, 6.45) is 6.36. The highest BCUT2D eigenvalue weighted by molar-refractivity contribution is 7.93. The molecule has 3 amide bonds. The molecule has 4 N–H and O–H groups in total. The number of carbonyl (C=O) groups excluding carboxylic acids is 2. The van der Waals surface area contributed by atoms with Crippen LogP contribution in [0.1, 0.15) is 68.9 Å². The molecule has 0 aliphatic heterocycles. The average molecular weight is 596 g/mol. The highest BCUT2D eigenvalue weighted by Crippen LogP contribution is 2.43. The maximum absolute atomic E-state index is 13.7. The number of benzene rings is 2. The van der Waals surface area contributed by atoms with Crippen LogP contribution in [0.3, 0.4) is 0 Å². The largest absolute Gasteiger partial charge is 0.447 e. The van der Waals surface area contributed by atoms with Gasteiger partial charge in [0, 0.05) is 41.2 Å². The molecule has 3 aromatic rings. The molecule has 11 heteroatoms. The molecule has 218 valence electrons. The van der Waals surface area contributed by atoms with Crippen molar-refractivity contribution in [2.24, 2.45) is 0 Å². The van der Waals surface area contributed by atoms with E-state index in [9.17, 15) is 13.8 Å². The number of amides is 3. The van der Waals surface area contributed by atoms with E-state index in [0.29, 0.717) is 17.1 Å². The van der Waals surface area contributed by atoms with Crippen molar-refractivity contribution in [2.45, 2.75) is 87.1 Å². The quantitative estimate of drug-likeness (QED) is 0.214. The minimum Gasteiger partial charge on any atom is -0.447 e. The van der Waals surface area contributed by atoms with Crippen molar-refractivity contribution in [1.29, 1.82) is 4.78 Å². The Morgan fingerprint density at radius 2 is 1.80 bits per heavy atom. The first kappa shape index (κ1) is 29.1. The van der Waals surface area contributed by atoms with Gasteiger partial charge in [0.1, 0.15) is 0 Å². The predicted molar refractivity (Wildman–Crippen MR) is 162 cm³/mol. The first-order chi connectivity index (χ1) is 19.7. The van der Waals surface area contributed by atoms with E-state index in [-0.39, 0.29) is 35.4 Å². The topological polar surface area (TPSA) is 133 Å². The summed E-state index contributed by atoms with van der Waals surface area (Å²) in [6, 6.07) is 14.7. The summed E-state index contributed by atoms with van der Waals surface area (Å²) in [5.74, 6) is 0.286. The molecule has 0 bridgehead atoms. The van der Waals surface area contributed by atoms with Crippen molar-refractivity contribution < 1.29 is 18.5 Å². The number of urea groups is 1. The smallest absolute Gasteiger partial charge is 0.407 e. The Labute approximate surface area is 245 Å². The van der Waals surface area contributed by atoms with Crippen LogP contribution >= 0.6 is 11.3 Å². The number of thiazole rings is 1. The lowest BCUT2D eigenvalue weighted by atomic mass is 9.86. The molecular formula is C30H37N5O4S2. The first-order valence-corrected chi connectivity index (χ1v) is 16.6. The first-order valence-electron chi connectivity index (χ1n) is 14.1. The number of nitrogens with zero attached hydrogens (tertiary/aromatic N) is 1. The third-order valence-corrected chi connectivity index (χ3v) is 11.0. The highest BCUT2D eigenvalue weighted by atomic mass is 32.2. The lowest BCUT2D eigenvalue weighted by molar-refractivity contribution is 0.109. The van der Waals surface area contributed by atoms with E-state index >= 15 is 0 Å². The van der Waals surface area contributed by atoms with Gasteiger partial charge in [0.25, 0.3) is 0 Å². The molecule has 5 rings (SSSR count). The Balaban J connectivity index is 1.28. The molecule has 1 unspecified atom stereocenters. The predicted octanol–water partition coefficient (Wildman–Crippen LogP) is 6.86. The van der Waals surface area contributed by atoms with Crippen molar-refractivity contribution in [3.8, 4) is 10.4 Å². The van der Waals surface area contributed by atoms with E-state index in [4.69, 9.17) is 14.5 Å². The third kappa shape index (κ3) is 7.45. The molecule has 2 aliphatic rings. The number of aromatic nitrogens is 1. The van der Waals surface area contributed by atoms with Gasteiger partial charge in [0.15, 0.2) is 0 Å². The van der Waals surface area contributed by atoms with Crippen LogP contribution in [-0.2, 0) is 21.0 Å². The number of carbonyl (C=O) groups is 2. The molecule has 1 aromatic heterocycles. The van der Waals surface area contributed by atoms with E-state index in [2.05, 4.69) is 16.0 Å². The monoisotopic (exact) mass is 595 g/mol. The highest BCUT2D eigenvalue weighted by Gasteiger charge is 2.36. The van der Waals surface area contributed by atoms with Gasteiger partial charge < -0.3 is 20.7 Å². The number of alkyl carbamates (subject to hydrolysis) is 1. The van der Waals surface area contributed by atoms with Gasteiger partial charge in [-0.25, -0.2) is 23.6 Å². The molecule has 0 spiro atoms. The van der Waals surface area contributed by atoms with Crippen molar-refractivity contribution in [2.75, 3.05) is 5.32 Å². The maximum atomic E-state index is 13.7. The van der Waals surface area contributed by atoms with Gasteiger partial charge in [-0.2, -0.15) is 0 Å². The van der Waals surface area contributed by atoms with Crippen LogP contribution in [0.25, 0.3) is 10.4 Å². The average Bonchev–Trinajstić information content (AvgIpc) is 3.71. The van der Waals surface area contributed by atoms with Crippen LogP contribution in [0, 0.1) is 4.78 Å². The fourth-order valence-corrected chi connectivity index (χ4v) is 8.24. The second kappa shape index (κ2) is 12.6. The summed E-state index contributed by atoms with van der Waals surface area (Å²) in [5.41, 5.74) is 2.23. The Hall–Kier alpha value is -3.44. The van der Waals surface area contributed by atoms with Crippen LogP contribution in [-0.4, -0.2) is 38.7 Å². The van der Waals surface area contributed by atoms with Crippen molar-refractivity contribution in [1.82, 2.24) is 15.6 Å².